The van der Waals surface area contributed by atoms with E-state index in [1.807, 2.05) is 6.21 Å². The van der Waals surface area contributed by atoms with E-state index >= 15 is 0 Å². The number of methoxy groups -OCH3 is 1. The van der Waals surface area contributed by atoms with E-state index in [0.717, 1.165) is 17.8 Å². The Morgan fingerprint density at radius 3 is 2.43 bits per heavy atom. The van der Waals surface area contributed by atoms with E-state index in [-0.39, 0.29) is 24.0 Å². The molecule has 0 bridgehead atoms. The van der Waals surface area contributed by atoms with Crippen molar-refractivity contribution in [1.29, 1.82) is 0 Å². The van der Waals surface area contributed by atoms with Gasteiger partial charge in [0.2, 0.25) is 0 Å². The molecule has 2 unspecified atom stereocenters. The summed E-state index contributed by atoms with van der Waals surface area (Å²) in [5.41, 5.74) is 1.26. The highest BCUT2D eigenvalue weighted by molar-refractivity contribution is 6.54. The average molecular weight is 389 g/mol. The summed E-state index contributed by atoms with van der Waals surface area (Å²) in [6.45, 7) is 14.4. The zero-order chi connectivity index (χ0) is 20.8. The second kappa shape index (κ2) is 7.13. The lowest BCUT2D eigenvalue weighted by atomic mass is 9.77. The van der Waals surface area contributed by atoms with E-state index in [4.69, 9.17) is 23.8 Å². The van der Waals surface area contributed by atoms with Crippen LogP contribution in [0.25, 0.3) is 0 Å². The SMILES string of the molecule is CC=C(C=C(C)B1OC(C)(C)C(C)(C)O1)C12C[N+]1(C)C=C(OCCOC)C=N2. The standard InChI is InChI=1S/C21H34BN2O4/c1-9-17(12-16(2)22-27-19(3,4)20(5,6)28-22)21-15-24(21,7)14-18(13-23-21)26-11-10-25-8/h9,12-14H,10-11,15H2,1-8H3/q+1. The molecule has 2 saturated heterocycles. The van der Waals surface area contributed by atoms with Crippen LogP contribution in [0.15, 0.2) is 40.1 Å². The Morgan fingerprint density at radius 2 is 1.89 bits per heavy atom. The Bertz CT molecular complexity index is 740. The molecular weight excluding hydrogens is 355 g/mol. The zero-order valence-electron chi connectivity index (χ0n) is 18.5. The lowest BCUT2D eigenvalue weighted by molar-refractivity contribution is -0.749. The monoisotopic (exact) mass is 389 g/mol. The largest absolute Gasteiger partial charge is 0.490 e. The number of fused-ring (bicyclic) bond motifs is 1. The minimum Gasteiger partial charge on any atom is -0.484 e. The summed E-state index contributed by atoms with van der Waals surface area (Å²) >= 11 is 0. The van der Waals surface area contributed by atoms with E-state index < -0.39 is 0 Å². The highest BCUT2D eigenvalue weighted by Crippen LogP contribution is 2.51. The lowest BCUT2D eigenvalue weighted by Gasteiger charge is -2.32. The fraction of sp³-hybridized carbons (Fsp3) is 0.667. The molecule has 0 amide bonds. The number of aliphatic imine (C=N–C) groups is 1. The highest BCUT2D eigenvalue weighted by Gasteiger charge is 2.70. The smallest absolute Gasteiger partial charge is 0.484 e. The minimum atomic E-state index is -0.343. The molecule has 0 aromatic heterocycles. The molecule has 0 spiro atoms. The van der Waals surface area contributed by atoms with E-state index in [1.54, 1.807) is 7.11 Å². The maximum atomic E-state index is 6.20. The number of allylic oxidation sites excluding steroid dienone is 3. The Kier molecular flexibility index (Phi) is 5.43. The van der Waals surface area contributed by atoms with Crippen molar-refractivity contribution in [3.63, 3.8) is 0 Å². The van der Waals surface area contributed by atoms with Crippen molar-refractivity contribution in [2.75, 3.05) is 33.9 Å². The molecule has 6 nitrogen and oxygen atoms in total. The highest BCUT2D eigenvalue weighted by atomic mass is 16.7. The third-order valence-electron chi connectivity index (χ3n) is 6.45. The van der Waals surface area contributed by atoms with Gasteiger partial charge in [0.25, 0.3) is 5.66 Å². The molecule has 154 valence electrons. The Labute approximate surface area is 169 Å². The second-order valence-corrected chi connectivity index (χ2v) is 9.09. The van der Waals surface area contributed by atoms with Crippen LogP contribution in [0.4, 0.5) is 0 Å². The molecule has 2 fully saturated rings. The Hall–Kier alpha value is -1.41. The van der Waals surface area contributed by atoms with Crippen LogP contribution >= 0.6 is 0 Å². The van der Waals surface area contributed by atoms with Crippen molar-refractivity contribution >= 4 is 13.3 Å². The Morgan fingerprint density at radius 1 is 1.25 bits per heavy atom. The van der Waals surface area contributed by atoms with Crippen molar-refractivity contribution < 1.29 is 23.3 Å². The summed E-state index contributed by atoms with van der Waals surface area (Å²) in [5.74, 6) is 0.801. The van der Waals surface area contributed by atoms with Gasteiger partial charge in [0.1, 0.15) is 12.8 Å². The number of ether oxygens (including phenoxy) is 2. The van der Waals surface area contributed by atoms with Crippen LogP contribution in [0.2, 0.25) is 0 Å². The number of quaternary nitrogens is 1. The van der Waals surface area contributed by atoms with Gasteiger partial charge in [0, 0.05) is 12.7 Å². The second-order valence-electron chi connectivity index (χ2n) is 9.09. The quantitative estimate of drug-likeness (QED) is 0.221. The molecule has 0 aromatic rings. The molecule has 3 aliphatic heterocycles. The maximum Gasteiger partial charge on any atom is 0.490 e. The van der Waals surface area contributed by atoms with Crippen molar-refractivity contribution in [3.8, 4) is 0 Å². The number of rotatable bonds is 7. The number of hydrogen-bond donors (Lipinski definition) is 0. The molecule has 2 atom stereocenters. The molecule has 0 radical (unpaired) electrons. The van der Waals surface area contributed by atoms with Gasteiger partial charge in [-0.25, -0.2) is 4.99 Å². The van der Waals surface area contributed by atoms with Crippen molar-refractivity contribution in [2.24, 2.45) is 4.99 Å². The van der Waals surface area contributed by atoms with Gasteiger partial charge in [-0.1, -0.05) is 12.2 Å². The van der Waals surface area contributed by atoms with Gasteiger partial charge in [0.15, 0.2) is 12.3 Å². The van der Waals surface area contributed by atoms with Gasteiger partial charge in [0.05, 0.1) is 31.1 Å². The van der Waals surface area contributed by atoms with Crippen LogP contribution in [-0.4, -0.2) is 68.6 Å². The topological polar surface area (TPSA) is 49.3 Å². The molecule has 3 aliphatic rings. The van der Waals surface area contributed by atoms with Crippen molar-refractivity contribution in [2.45, 2.75) is 58.4 Å². The molecule has 7 heteroatoms. The van der Waals surface area contributed by atoms with E-state index in [1.165, 1.54) is 5.57 Å². The first-order chi connectivity index (χ1) is 13.0. The minimum absolute atomic E-state index is 0.284. The third-order valence-corrected chi connectivity index (χ3v) is 6.45. The fourth-order valence-corrected chi connectivity index (χ4v) is 3.78. The van der Waals surface area contributed by atoms with Crippen LogP contribution in [0.1, 0.15) is 41.5 Å². The summed E-state index contributed by atoms with van der Waals surface area (Å²) < 4.78 is 23.9. The van der Waals surface area contributed by atoms with Gasteiger partial charge < -0.3 is 18.8 Å². The van der Waals surface area contributed by atoms with E-state index in [2.05, 4.69) is 66.9 Å². The zero-order valence-corrected chi connectivity index (χ0v) is 18.5. The van der Waals surface area contributed by atoms with Crippen molar-refractivity contribution in [3.05, 3.63) is 35.2 Å². The summed E-state index contributed by atoms with van der Waals surface area (Å²) in [6, 6.07) is 0. The van der Waals surface area contributed by atoms with Crippen LogP contribution in [0, 0.1) is 0 Å². The lowest BCUT2D eigenvalue weighted by Crippen LogP contribution is -2.41. The van der Waals surface area contributed by atoms with Gasteiger partial charge in [-0.15, -0.1) is 0 Å². The molecule has 0 N–H and O–H groups in total. The predicted molar refractivity (Wildman–Crippen MR) is 112 cm³/mol. The molecule has 0 saturated carbocycles. The summed E-state index contributed by atoms with van der Waals surface area (Å²) in [6.07, 6.45) is 8.29. The van der Waals surface area contributed by atoms with Gasteiger partial charge in [-0.05, 0) is 47.0 Å². The summed E-state index contributed by atoms with van der Waals surface area (Å²) in [7, 11) is 3.51. The summed E-state index contributed by atoms with van der Waals surface area (Å²) in [4.78, 5) is 4.89. The molecular formula is C21H34BN2O4+. The predicted octanol–water partition coefficient (Wildman–Crippen LogP) is 3.26. The van der Waals surface area contributed by atoms with Gasteiger partial charge >= 0.3 is 7.12 Å². The van der Waals surface area contributed by atoms with E-state index in [9.17, 15) is 0 Å². The first-order valence-corrected chi connectivity index (χ1v) is 9.96. The molecule has 0 aliphatic carbocycles. The third kappa shape index (κ3) is 3.49. The molecule has 28 heavy (non-hydrogen) atoms. The number of nitrogens with zero attached hydrogens (tertiary/aromatic N) is 2. The van der Waals surface area contributed by atoms with Crippen LogP contribution < -0.4 is 0 Å². The molecule has 0 aromatic carbocycles. The first kappa shape index (κ1) is 21.3. The van der Waals surface area contributed by atoms with Gasteiger partial charge in [-0.2, -0.15) is 0 Å². The van der Waals surface area contributed by atoms with Crippen molar-refractivity contribution in [1.82, 2.24) is 0 Å². The molecule has 3 rings (SSSR count). The molecule has 3 heterocycles. The van der Waals surface area contributed by atoms with Crippen LogP contribution in [-0.2, 0) is 18.8 Å². The fourth-order valence-electron chi connectivity index (χ4n) is 3.78. The number of hydrogen-bond acceptors (Lipinski definition) is 5. The maximum absolute atomic E-state index is 6.20. The van der Waals surface area contributed by atoms with Crippen LogP contribution in [0.5, 0.6) is 0 Å². The first-order valence-electron chi connectivity index (χ1n) is 9.96. The Balaban J connectivity index is 1.76. The van der Waals surface area contributed by atoms with E-state index in [0.29, 0.717) is 17.7 Å². The number of likely N-dealkylation sites (N-methyl/N-ethyl adjacent to an activating group) is 1. The van der Waals surface area contributed by atoms with Crippen LogP contribution in [0.3, 0.4) is 0 Å². The summed E-state index contributed by atoms with van der Waals surface area (Å²) in [5, 5.41) is 0. The average Bonchev–Trinajstić information content (AvgIpc) is 3.17. The van der Waals surface area contributed by atoms with Gasteiger partial charge in [-0.3, -0.25) is 4.48 Å². The normalized spacial score (nSPS) is 33.6.